The third-order valence-corrected chi connectivity index (χ3v) is 5.02. The lowest BCUT2D eigenvalue weighted by molar-refractivity contribution is -0.00000482. The van der Waals surface area contributed by atoms with Gasteiger partial charge in [-0.05, 0) is 37.3 Å². The zero-order chi connectivity index (χ0) is 15.4. The summed E-state index contributed by atoms with van der Waals surface area (Å²) in [5.74, 6) is 0. The van der Waals surface area contributed by atoms with Crippen LogP contribution in [-0.4, -0.2) is 4.57 Å². The van der Waals surface area contributed by atoms with Crippen molar-refractivity contribution in [3.05, 3.63) is 40.9 Å². The Hall–Kier alpha value is -1.09. The van der Waals surface area contributed by atoms with E-state index in [1.54, 1.807) is 0 Å². The number of pyridine rings is 1. The van der Waals surface area contributed by atoms with E-state index in [1.807, 2.05) is 0 Å². The predicted molar refractivity (Wildman–Crippen MR) is 93.2 cm³/mol. The molecule has 126 valence electrons. The second kappa shape index (κ2) is 8.68. The summed E-state index contributed by atoms with van der Waals surface area (Å²) in [6.07, 6.45) is 11.5. The number of hydrogen-bond acceptors (Lipinski definition) is 1. The van der Waals surface area contributed by atoms with Gasteiger partial charge < -0.3 is 21.5 Å². The van der Waals surface area contributed by atoms with Crippen molar-refractivity contribution in [1.82, 2.24) is 4.57 Å². The van der Waals surface area contributed by atoms with Gasteiger partial charge in [-0.25, -0.2) is 0 Å². The van der Waals surface area contributed by atoms with Crippen molar-refractivity contribution < 1.29 is 17.0 Å². The molecule has 0 unspecified atom stereocenters. The van der Waals surface area contributed by atoms with E-state index in [2.05, 4.69) is 35.8 Å². The van der Waals surface area contributed by atoms with E-state index in [1.165, 1.54) is 61.7 Å². The average Bonchev–Trinajstić information content (AvgIpc) is 3.03. The third kappa shape index (κ3) is 3.88. The third-order valence-electron chi connectivity index (χ3n) is 5.02. The van der Waals surface area contributed by atoms with Crippen LogP contribution in [-0.2, 0) is 19.4 Å². The maximum absolute atomic E-state index is 8.49. The highest BCUT2D eigenvalue weighted by Crippen LogP contribution is 2.24. The lowest BCUT2D eigenvalue weighted by Gasteiger charge is -2.17. The van der Waals surface area contributed by atoms with Gasteiger partial charge in [0.2, 0.25) is 0 Å². The Bertz CT molecular complexity index is 703. The molecule has 3 heteroatoms. The molecular formula is C20H28BrN2-. The van der Waals surface area contributed by atoms with Crippen LogP contribution < -0.4 is 22.3 Å². The van der Waals surface area contributed by atoms with Gasteiger partial charge in [0, 0.05) is 17.6 Å². The van der Waals surface area contributed by atoms with Crippen molar-refractivity contribution in [1.29, 1.82) is 5.41 Å². The molecule has 2 aromatic rings. The summed E-state index contributed by atoms with van der Waals surface area (Å²) >= 11 is 0. The molecule has 1 N–H and O–H groups in total. The normalized spacial score (nSPS) is 13.1. The SMILES string of the molecule is CCCCCCCCn1c2c(c(=N)c3ccccc31)CCC2.[Br-]. The van der Waals surface area contributed by atoms with Gasteiger partial charge >= 0.3 is 0 Å². The molecule has 1 aromatic heterocycles. The van der Waals surface area contributed by atoms with Crippen molar-refractivity contribution in [2.24, 2.45) is 0 Å². The summed E-state index contributed by atoms with van der Waals surface area (Å²) in [7, 11) is 0. The van der Waals surface area contributed by atoms with Crippen LogP contribution in [0.15, 0.2) is 24.3 Å². The van der Waals surface area contributed by atoms with Crippen molar-refractivity contribution in [2.75, 3.05) is 0 Å². The molecule has 1 aromatic carbocycles. The van der Waals surface area contributed by atoms with E-state index in [9.17, 15) is 0 Å². The minimum atomic E-state index is 0. The molecule has 1 heterocycles. The first-order valence-corrected chi connectivity index (χ1v) is 9.01. The smallest absolute Gasteiger partial charge is 0.0682 e. The maximum atomic E-state index is 8.49. The number of rotatable bonds is 7. The second-order valence-corrected chi connectivity index (χ2v) is 6.59. The molecule has 0 amide bonds. The minimum absolute atomic E-state index is 0. The van der Waals surface area contributed by atoms with E-state index in [-0.39, 0.29) is 17.0 Å². The van der Waals surface area contributed by atoms with Crippen LogP contribution >= 0.6 is 0 Å². The summed E-state index contributed by atoms with van der Waals surface area (Å²) in [4.78, 5) is 0. The van der Waals surface area contributed by atoms with Crippen LogP contribution in [0.5, 0.6) is 0 Å². The first-order valence-electron chi connectivity index (χ1n) is 9.01. The Labute approximate surface area is 150 Å². The molecule has 0 spiro atoms. The van der Waals surface area contributed by atoms with Crippen LogP contribution in [0.25, 0.3) is 10.9 Å². The molecule has 0 aliphatic heterocycles. The molecule has 0 atom stereocenters. The van der Waals surface area contributed by atoms with E-state index >= 15 is 0 Å². The first kappa shape index (κ1) is 18.3. The Morgan fingerprint density at radius 3 is 2.57 bits per heavy atom. The van der Waals surface area contributed by atoms with E-state index in [4.69, 9.17) is 5.41 Å². The minimum Gasteiger partial charge on any atom is -1.00 e. The number of nitrogens with one attached hydrogen (secondary N) is 1. The molecular weight excluding hydrogens is 348 g/mol. The van der Waals surface area contributed by atoms with Gasteiger partial charge in [-0.1, -0.05) is 57.2 Å². The molecule has 1 aliphatic carbocycles. The standard InChI is InChI=1S/C20H28N2.BrH/c1-2-3-4-5-6-9-15-22-18-13-8-7-11-16(18)20(21)17-12-10-14-19(17)22;/h7-8,11,13,21H,2-6,9-10,12,14-15H2,1H3;1H/p-1. The molecule has 3 rings (SSSR count). The van der Waals surface area contributed by atoms with Crippen LogP contribution in [0.3, 0.4) is 0 Å². The monoisotopic (exact) mass is 375 g/mol. The first-order chi connectivity index (χ1) is 10.8. The zero-order valence-corrected chi connectivity index (χ0v) is 15.8. The Balaban J connectivity index is 0.00000192. The van der Waals surface area contributed by atoms with Gasteiger partial charge in [-0.15, -0.1) is 0 Å². The molecule has 0 fully saturated rings. The maximum Gasteiger partial charge on any atom is 0.0682 e. The number of halogens is 1. The number of nitrogens with zero attached hydrogens (tertiary/aromatic N) is 1. The van der Waals surface area contributed by atoms with E-state index in [0.717, 1.165) is 30.1 Å². The fraction of sp³-hybridized carbons (Fsp3) is 0.550. The lowest BCUT2D eigenvalue weighted by atomic mass is 10.1. The number of unbranched alkanes of at least 4 members (excludes halogenated alkanes) is 5. The Morgan fingerprint density at radius 1 is 1.00 bits per heavy atom. The summed E-state index contributed by atoms with van der Waals surface area (Å²) in [6.45, 7) is 3.39. The Kier molecular flexibility index (Phi) is 6.88. The van der Waals surface area contributed by atoms with Crippen LogP contribution in [0.1, 0.15) is 63.1 Å². The molecule has 23 heavy (non-hydrogen) atoms. The topological polar surface area (TPSA) is 28.8 Å². The molecule has 1 aliphatic rings. The quantitative estimate of drug-likeness (QED) is 0.716. The van der Waals surface area contributed by atoms with Gasteiger partial charge in [0.25, 0.3) is 0 Å². The van der Waals surface area contributed by atoms with Crippen molar-refractivity contribution in [3.63, 3.8) is 0 Å². The van der Waals surface area contributed by atoms with E-state index in [0.29, 0.717) is 0 Å². The van der Waals surface area contributed by atoms with Gasteiger partial charge in [0.15, 0.2) is 0 Å². The highest BCUT2D eigenvalue weighted by Gasteiger charge is 2.18. The van der Waals surface area contributed by atoms with Crippen LogP contribution in [0.4, 0.5) is 0 Å². The summed E-state index contributed by atoms with van der Waals surface area (Å²) in [6, 6.07) is 8.49. The number of benzene rings is 1. The second-order valence-electron chi connectivity index (χ2n) is 6.59. The summed E-state index contributed by atoms with van der Waals surface area (Å²) in [5, 5.41) is 10.4. The molecule has 2 nitrogen and oxygen atoms in total. The molecule has 0 bridgehead atoms. The largest absolute Gasteiger partial charge is 1.00 e. The fourth-order valence-electron chi connectivity index (χ4n) is 3.83. The van der Waals surface area contributed by atoms with Gasteiger partial charge in [0.1, 0.15) is 0 Å². The van der Waals surface area contributed by atoms with E-state index < -0.39 is 0 Å². The van der Waals surface area contributed by atoms with Gasteiger partial charge in [-0.3, -0.25) is 5.41 Å². The molecule has 0 saturated carbocycles. The highest BCUT2D eigenvalue weighted by molar-refractivity contribution is 5.80. The van der Waals surface area contributed by atoms with Crippen molar-refractivity contribution in [3.8, 4) is 0 Å². The van der Waals surface area contributed by atoms with Gasteiger partial charge in [-0.2, -0.15) is 0 Å². The number of aryl methyl sites for hydroxylation is 1. The number of aromatic nitrogens is 1. The number of fused-ring (bicyclic) bond motifs is 2. The summed E-state index contributed by atoms with van der Waals surface area (Å²) < 4.78 is 2.52. The molecule has 0 saturated heterocycles. The van der Waals surface area contributed by atoms with Crippen LogP contribution in [0.2, 0.25) is 0 Å². The molecule has 0 radical (unpaired) electrons. The lowest BCUT2D eigenvalue weighted by Crippen LogP contribution is -3.00. The van der Waals surface area contributed by atoms with Crippen LogP contribution in [0, 0.1) is 5.41 Å². The fourth-order valence-corrected chi connectivity index (χ4v) is 3.83. The van der Waals surface area contributed by atoms with Gasteiger partial charge in [0.05, 0.1) is 10.9 Å². The number of hydrogen-bond donors (Lipinski definition) is 1. The van der Waals surface area contributed by atoms with Crippen molar-refractivity contribution in [2.45, 2.75) is 71.3 Å². The Morgan fingerprint density at radius 2 is 1.74 bits per heavy atom. The number of para-hydroxylation sites is 1. The predicted octanol–water partition coefficient (Wildman–Crippen LogP) is 1.97. The average molecular weight is 376 g/mol. The van der Waals surface area contributed by atoms with Crippen molar-refractivity contribution >= 4 is 10.9 Å². The zero-order valence-electron chi connectivity index (χ0n) is 14.2. The highest BCUT2D eigenvalue weighted by atomic mass is 79.9. The summed E-state index contributed by atoms with van der Waals surface area (Å²) in [5.41, 5.74) is 4.02.